The third kappa shape index (κ3) is 5.20. The van der Waals surface area contributed by atoms with E-state index in [2.05, 4.69) is 10.3 Å². The Hall–Kier alpha value is -2.99. The minimum absolute atomic E-state index is 0.000747. The van der Waals surface area contributed by atoms with Crippen LogP contribution < -0.4 is 10.1 Å². The number of methoxy groups -OCH3 is 1. The number of rotatable bonds is 6. The van der Waals surface area contributed by atoms with Crippen LogP contribution >= 0.6 is 11.6 Å². The number of aromatic amines is 1. The van der Waals surface area contributed by atoms with E-state index in [0.717, 1.165) is 35.1 Å². The van der Waals surface area contributed by atoms with E-state index in [1.165, 1.54) is 0 Å². The molecule has 1 saturated heterocycles. The Kier molecular flexibility index (Phi) is 6.47. The summed E-state index contributed by atoms with van der Waals surface area (Å²) in [5, 5.41) is 4.64. The largest absolute Gasteiger partial charge is 0.497 e. The number of halogens is 1. The molecule has 4 rings (SSSR count). The Morgan fingerprint density at radius 2 is 1.87 bits per heavy atom. The first-order valence-corrected chi connectivity index (χ1v) is 10.9. The zero-order valence-corrected chi connectivity index (χ0v) is 18.2. The van der Waals surface area contributed by atoms with Crippen molar-refractivity contribution < 1.29 is 14.3 Å². The number of amides is 2. The number of hydrogen-bond acceptors (Lipinski definition) is 3. The third-order valence-electron chi connectivity index (χ3n) is 5.84. The van der Waals surface area contributed by atoms with Crippen molar-refractivity contribution in [1.82, 2.24) is 15.2 Å². The van der Waals surface area contributed by atoms with Crippen molar-refractivity contribution in [3.05, 3.63) is 64.8 Å². The van der Waals surface area contributed by atoms with E-state index < -0.39 is 0 Å². The smallest absolute Gasteiger partial charge is 0.270 e. The van der Waals surface area contributed by atoms with Crippen molar-refractivity contribution in [2.45, 2.75) is 25.8 Å². The number of aromatic nitrogens is 1. The van der Waals surface area contributed by atoms with Gasteiger partial charge in [0, 0.05) is 48.0 Å². The number of ether oxygens (including phenoxy) is 1. The minimum atomic E-state index is 0.000747. The second-order valence-corrected chi connectivity index (χ2v) is 8.42. The molecule has 2 N–H and O–H groups in total. The predicted octanol–water partition coefficient (Wildman–Crippen LogP) is 4.39. The fourth-order valence-corrected chi connectivity index (χ4v) is 4.12. The van der Waals surface area contributed by atoms with Crippen LogP contribution in [0.5, 0.6) is 5.75 Å². The molecule has 1 aromatic heterocycles. The van der Waals surface area contributed by atoms with Gasteiger partial charge < -0.3 is 19.9 Å². The van der Waals surface area contributed by atoms with Gasteiger partial charge in [0.15, 0.2) is 0 Å². The summed E-state index contributed by atoms with van der Waals surface area (Å²) in [6, 6.07) is 15.1. The summed E-state index contributed by atoms with van der Waals surface area (Å²) in [5.41, 5.74) is 2.49. The average Bonchev–Trinajstić information content (AvgIpc) is 3.22. The number of fused-ring (bicyclic) bond motifs is 1. The van der Waals surface area contributed by atoms with Crippen molar-refractivity contribution in [3.63, 3.8) is 0 Å². The van der Waals surface area contributed by atoms with Gasteiger partial charge in [0.1, 0.15) is 11.4 Å². The van der Waals surface area contributed by atoms with E-state index in [-0.39, 0.29) is 11.8 Å². The van der Waals surface area contributed by atoms with Crippen LogP contribution in [-0.4, -0.2) is 41.9 Å². The van der Waals surface area contributed by atoms with Gasteiger partial charge in [-0.2, -0.15) is 0 Å². The van der Waals surface area contributed by atoms with Crippen molar-refractivity contribution in [2.75, 3.05) is 20.2 Å². The molecule has 2 aromatic carbocycles. The van der Waals surface area contributed by atoms with Crippen LogP contribution in [0.2, 0.25) is 5.02 Å². The van der Waals surface area contributed by atoms with Gasteiger partial charge in [0.05, 0.1) is 7.11 Å². The molecule has 0 saturated carbocycles. The van der Waals surface area contributed by atoms with Gasteiger partial charge in [-0.15, -0.1) is 0 Å². The monoisotopic (exact) mass is 439 g/mol. The standard InChI is InChI=1S/C24H26ClN3O3/c1-31-20-7-4-18-13-22(27-21(18)14-20)24(30)28-10-8-16(9-11-28)12-23(29)26-15-17-2-5-19(25)6-3-17/h2-7,13-14,16,27H,8-12,15H2,1H3,(H,26,29). The van der Waals surface area contributed by atoms with Crippen LogP contribution in [0.15, 0.2) is 48.5 Å². The van der Waals surface area contributed by atoms with Gasteiger partial charge in [-0.25, -0.2) is 0 Å². The zero-order valence-electron chi connectivity index (χ0n) is 17.5. The maximum absolute atomic E-state index is 12.9. The number of carbonyl (C=O) groups excluding carboxylic acids is 2. The van der Waals surface area contributed by atoms with Gasteiger partial charge in [-0.05, 0) is 54.7 Å². The highest BCUT2D eigenvalue weighted by Crippen LogP contribution is 2.25. The highest BCUT2D eigenvalue weighted by Gasteiger charge is 2.26. The van der Waals surface area contributed by atoms with Crippen molar-refractivity contribution in [3.8, 4) is 5.75 Å². The second kappa shape index (κ2) is 9.43. The number of benzene rings is 2. The highest BCUT2D eigenvalue weighted by molar-refractivity contribution is 6.30. The van der Waals surface area contributed by atoms with Crippen molar-refractivity contribution in [1.29, 1.82) is 0 Å². The summed E-state index contributed by atoms with van der Waals surface area (Å²) < 4.78 is 5.25. The Bertz CT molecular complexity index is 1070. The summed E-state index contributed by atoms with van der Waals surface area (Å²) in [6.07, 6.45) is 2.14. The minimum Gasteiger partial charge on any atom is -0.497 e. The summed E-state index contributed by atoms with van der Waals surface area (Å²) in [5.74, 6) is 1.09. The SMILES string of the molecule is COc1ccc2cc(C(=O)N3CCC(CC(=O)NCc4ccc(Cl)cc4)CC3)[nH]c2c1. The molecule has 0 aliphatic carbocycles. The van der Waals surface area contributed by atoms with Crippen LogP contribution in [0.4, 0.5) is 0 Å². The lowest BCUT2D eigenvalue weighted by molar-refractivity contribution is -0.122. The van der Waals surface area contributed by atoms with Gasteiger partial charge in [0.25, 0.3) is 5.91 Å². The van der Waals surface area contributed by atoms with Crippen LogP contribution in [0.25, 0.3) is 10.9 Å². The maximum Gasteiger partial charge on any atom is 0.270 e. The average molecular weight is 440 g/mol. The van der Waals surface area contributed by atoms with Gasteiger partial charge in [-0.1, -0.05) is 23.7 Å². The Morgan fingerprint density at radius 1 is 1.13 bits per heavy atom. The number of nitrogens with zero attached hydrogens (tertiary/aromatic N) is 1. The molecule has 0 spiro atoms. The van der Waals surface area contributed by atoms with E-state index >= 15 is 0 Å². The summed E-state index contributed by atoms with van der Waals surface area (Å²) in [7, 11) is 1.62. The van der Waals surface area contributed by atoms with Crippen molar-refractivity contribution in [2.24, 2.45) is 5.92 Å². The Morgan fingerprint density at radius 3 is 2.58 bits per heavy atom. The molecule has 1 aliphatic rings. The number of hydrogen-bond donors (Lipinski definition) is 2. The molecule has 0 atom stereocenters. The van der Waals surface area contributed by atoms with E-state index in [0.29, 0.717) is 42.7 Å². The van der Waals surface area contributed by atoms with E-state index in [1.807, 2.05) is 53.4 Å². The Balaban J connectivity index is 1.26. The Labute approximate surface area is 186 Å². The molecule has 31 heavy (non-hydrogen) atoms. The molecule has 162 valence electrons. The van der Waals surface area contributed by atoms with Gasteiger partial charge >= 0.3 is 0 Å². The first kappa shape index (κ1) is 21.2. The molecule has 0 radical (unpaired) electrons. The molecule has 1 fully saturated rings. The van der Waals surface area contributed by atoms with Crippen LogP contribution in [0, 0.1) is 5.92 Å². The summed E-state index contributed by atoms with van der Waals surface area (Å²) in [4.78, 5) is 30.3. The maximum atomic E-state index is 12.9. The first-order chi connectivity index (χ1) is 15.0. The van der Waals surface area contributed by atoms with Gasteiger partial charge in [-0.3, -0.25) is 9.59 Å². The molecule has 2 heterocycles. The summed E-state index contributed by atoms with van der Waals surface area (Å²) >= 11 is 5.89. The number of piperidine rings is 1. The fourth-order valence-electron chi connectivity index (χ4n) is 4.00. The van der Waals surface area contributed by atoms with Crippen LogP contribution in [0.3, 0.4) is 0 Å². The number of carbonyl (C=O) groups is 2. The topological polar surface area (TPSA) is 74.4 Å². The molecule has 0 bridgehead atoms. The third-order valence-corrected chi connectivity index (χ3v) is 6.09. The van der Waals surface area contributed by atoms with Crippen LogP contribution in [0.1, 0.15) is 35.3 Å². The van der Waals surface area contributed by atoms with Crippen LogP contribution in [-0.2, 0) is 11.3 Å². The molecular weight excluding hydrogens is 414 g/mol. The highest BCUT2D eigenvalue weighted by atomic mass is 35.5. The molecule has 0 unspecified atom stereocenters. The molecule has 1 aliphatic heterocycles. The summed E-state index contributed by atoms with van der Waals surface area (Å²) in [6.45, 7) is 1.82. The number of nitrogens with one attached hydrogen (secondary N) is 2. The van der Waals surface area contributed by atoms with E-state index in [9.17, 15) is 9.59 Å². The fraction of sp³-hybridized carbons (Fsp3) is 0.333. The van der Waals surface area contributed by atoms with E-state index in [1.54, 1.807) is 7.11 Å². The number of likely N-dealkylation sites (tertiary alicyclic amines) is 1. The predicted molar refractivity (Wildman–Crippen MR) is 121 cm³/mol. The normalized spacial score (nSPS) is 14.6. The lowest BCUT2D eigenvalue weighted by Gasteiger charge is -2.31. The van der Waals surface area contributed by atoms with Gasteiger partial charge in [0.2, 0.25) is 5.91 Å². The lowest BCUT2D eigenvalue weighted by atomic mass is 9.93. The molecule has 7 heteroatoms. The van der Waals surface area contributed by atoms with E-state index in [4.69, 9.17) is 16.3 Å². The van der Waals surface area contributed by atoms with Crippen molar-refractivity contribution >= 4 is 34.3 Å². The molecule has 2 amide bonds. The number of H-pyrrole nitrogens is 1. The molecular formula is C24H26ClN3O3. The molecule has 6 nitrogen and oxygen atoms in total. The zero-order chi connectivity index (χ0) is 21.8. The first-order valence-electron chi connectivity index (χ1n) is 10.5. The lowest BCUT2D eigenvalue weighted by Crippen LogP contribution is -2.39. The second-order valence-electron chi connectivity index (χ2n) is 7.98. The molecule has 3 aromatic rings. The quantitative estimate of drug-likeness (QED) is 0.598.